The minimum atomic E-state index is 0.540. The third kappa shape index (κ3) is 9.54. The van der Waals surface area contributed by atoms with Gasteiger partial charge in [0.05, 0.1) is 13.2 Å². The van der Waals surface area contributed by atoms with Crippen LogP contribution in [-0.2, 0) is 0 Å². The van der Waals surface area contributed by atoms with Gasteiger partial charge in [-0.2, -0.15) is 0 Å². The minimum Gasteiger partial charge on any atom is -0.494 e. The van der Waals surface area contributed by atoms with Crippen LogP contribution in [0.4, 0.5) is 11.4 Å². The van der Waals surface area contributed by atoms with Gasteiger partial charge in [-0.15, -0.1) is 0 Å². The Hall–Kier alpha value is -2.36. The van der Waals surface area contributed by atoms with E-state index in [1.807, 2.05) is 0 Å². The molecule has 0 radical (unpaired) electrons. The normalized spacial score (nSPS) is 11.0. The molecule has 31 heavy (non-hydrogen) atoms. The third-order valence-corrected chi connectivity index (χ3v) is 5.75. The van der Waals surface area contributed by atoms with Gasteiger partial charge in [-0.05, 0) is 93.5 Å². The summed E-state index contributed by atoms with van der Waals surface area (Å²) in [5.74, 6) is 1.88. The first-order valence-corrected chi connectivity index (χ1v) is 12.2. The number of anilines is 2. The van der Waals surface area contributed by atoms with E-state index >= 15 is 0 Å². The maximum absolute atomic E-state index is 5.87. The summed E-state index contributed by atoms with van der Waals surface area (Å²) in [5.41, 5.74) is 2.33. The van der Waals surface area contributed by atoms with Crippen LogP contribution in [0.1, 0.15) is 72.6 Å². The lowest BCUT2D eigenvalue weighted by molar-refractivity contribution is 0.279. The monoisotopic (exact) mass is 426 g/mol. The molecule has 0 aliphatic rings. The molecule has 0 spiro atoms. The molecule has 4 nitrogen and oxygen atoms in total. The molecule has 0 heterocycles. The largest absolute Gasteiger partial charge is 0.494 e. The summed E-state index contributed by atoms with van der Waals surface area (Å²) < 4.78 is 11.7. The lowest BCUT2D eigenvalue weighted by Gasteiger charge is -2.16. The molecular weight excluding hydrogens is 384 g/mol. The summed E-state index contributed by atoms with van der Waals surface area (Å²) in [6.07, 6.45) is 7.73. The molecule has 0 saturated heterocycles. The van der Waals surface area contributed by atoms with Gasteiger partial charge in [0.1, 0.15) is 11.5 Å². The highest BCUT2D eigenvalue weighted by atomic mass is 16.5. The van der Waals surface area contributed by atoms with Crippen molar-refractivity contribution in [1.29, 1.82) is 0 Å². The second kappa shape index (κ2) is 14.6. The Morgan fingerprint density at radius 1 is 0.548 bits per heavy atom. The van der Waals surface area contributed by atoms with Gasteiger partial charge in [-0.3, -0.25) is 0 Å². The number of ether oxygens (including phenoxy) is 2. The van der Waals surface area contributed by atoms with E-state index in [1.54, 1.807) is 0 Å². The lowest BCUT2D eigenvalue weighted by Crippen LogP contribution is -2.16. The zero-order valence-electron chi connectivity index (χ0n) is 20.0. The van der Waals surface area contributed by atoms with Crippen LogP contribution < -0.4 is 20.1 Å². The molecule has 0 amide bonds. The predicted molar refractivity (Wildman–Crippen MR) is 134 cm³/mol. The maximum Gasteiger partial charge on any atom is 0.119 e. The van der Waals surface area contributed by atoms with Crippen molar-refractivity contribution in [3.63, 3.8) is 0 Å². The predicted octanol–water partition coefficient (Wildman–Crippen LogP) is 7.52. The maximum atomic E-state index is 5.87. The summed E-state index contributed by atoms with van der Waals surface area (Å²) in [7, 11) is 0. The fraction of sp³-hybridized carbons (Fsp3) is 0.556. The van der Waals surface area contributed by atoms with Crippen molar-refractivity contribution < 1.29 is 9.47 Å². The molecule has 2 aromatic rings. The van der Waals surface area contributed by atoms with Gasteiger partial charge in [-0.25, -0.2) is 0 Å². The second-order valence-corrected chi connectivity index (χ2v) is 8.12. The highest BCUT2D eigenvalue weighted by Gasteiger charge is 2.04. The van der Waals surface area contributed by atoms with E-state index in [4.69, 9.17) is 9.47 Å². The number of hydrogen-bond acceptors (Lipinski definition) is 4. The first kappa shape index (κ1) is 24.9. The van der Waals surface area contributed by atoms with Crippen LogP contribution >= 0.6 is 0 Å². The molecular formula is C27H42N2O2. The summed E-state index contributed by atoms with van der Waals surface area (Å²) in [4.78, 5) is 0. The van der Waals surface area contributed by atoms with Gasteiger partial charge < -0.3 is 20.1 Å². The fourth-order valence-corrected chi connectivity index (χ4v) is 3.51. The topological polar surface area (TPSA) is 42.5 Å². The Balaban J connectivity index is 1.56. The van der Waals surface area contributed by atoms with Gasteiger partial charge in [-0.1, -0.05) is 27.7 Å². The molecule has 0 unspecified atom stereocenters. The van der Waals surface area contributed by atoms with Gasteiger partial charge >= 0.3 is 0 Å². The van der Waals surface area contributed by atoms with Crippen molar-refractivity contribution in [2.45, 2.75) is 84.7 Å². The SMILES string of the molecule is CCC(CC)Nc1ccc(OCCCCCOc2ccc(NC(CC)CC)cc2)cc1. The van der Waals surface area contributed by atoms with E-state index in [-0.39, 0.29) is 0 Å². The Morgan fingerprint density at radius 3 is 1.23 bits per heavy atom. The molecule has 4 heteroatoms. The number of benzene rings is 2. The number of rotatable bonds is 16. The van der Waals surface area contributed by atoms with Crippen molar-refractivity contribution in [2.75, 3.05) is 23.8 Å². The van der Waals surface area contributed by atoms with Crippen molar-refractivity contribution in [3.05, 3.63) is 48.5 Å². The molecule has 2 aromatic carbocycles. The van der Waals surface area contributed by atoms with Gasteiger partial charge in [0, 0.05) is 23.5 Å². The van der Waals surface area contributed by atoms with E-state index in [0.29, 0.717) is 12.1 Å². The van der Waals surface area contributed by atoms with Crippen molar-refractivity contribution in [1.82, 2.24) is 0 Å². The van der Waals surface area contributed by atoms with E-state index in [1.165, 1.54) is 0 Å². The number of nitrogens with one attached hydrogen (secondary N) is 2. The van der Waals surface area contributed by atoms with Crippen LogP contribution in [0.3, 0.4) is 0 Å². The average Bonchev–Trinajstić information content (AvgIpc) is 2.82. The molecule has 2 rings (SSSR count). The zero-order valence-corrected chi connectivity index (χ0v) is 20.0. The Labute approximate surface area is 189 Å². The standard InChI is InChI=1S/C27H42N2O2/c1-5-22(6-2)28-24-12-16-26(17-13-24)30-20-10-9-11-21-31-27-18-14-25(15-19-27)29-23(7-3)8-4/h12-19,22-23,28-29H,5-11,20-21H2,1-4H3. The minimum absolute atomic E-state index is 0.540. The molecule has 0 bridgehead atoms. The van der Waals surface area contributed by atoms with Gasteiger partial charge in [0.15, 0.2) is 0 Å². The summed E-state index contributed by atoms with van der Waals surface area (Å²) >= 11 is 0. The van der Waals surface area contributed by atoms with E-state index in [2.05, 4.69) is 86.9 Å². The first-order chi connectivity index (χ1) is 15.2. The zero-order chi connectivity index (χ0) is 22.3. The third-order valence-electron chi connectivity index (χ3n) is 5.75. The van der Waals surface area contributed by atoms with E-state index in [0.717, 1.165) is 81.0 Å². The van der Waals surface area contributed by atoms with Crippen LogP contribution in [0.2, 0.25) is 0 Å². The quantitative estimate of drug-likeness (QED) is 0.272. The summed E-state index contributed by atoms with van der Waals surface area (Å²) in [6, 6.07) is 17.7. The highest BCUT2D eigenvalue weighted by Crippen LogP contribution is 2.19. The molecule has 0 aliphatic heterocycles. The second-order valence-electron chi connectivity index (χ2n) is 8.12. The first-order valence-electron chi connectivity index (χ1n) is 12.2. The van der Waals surface area contributed by atoms with Gasteiger partial charge in [0.2, 0.25) is 0 Å². The summed E-state index contributed by atoms with van der Waals surface area (Å²) in [6.45, 7) is 10.4. The summed E-state index contributed by atoms with van der Waals surface area (Å²) in [5, 5.41) is 7.11. The van der Waals surface area contributed by atoms with Crippen LogP contribution in [0.5, 0.6) is 11.5 Å². The Morgan fingerprint density at radius 2 is 0.903 bits per heavy atom. The van der Waals surface area contributed by atoms with Crippen molar-refractivity contribution in [3.8, 4) is 11.5 Å². The Kier molecular flexibility index (Phi) is 11.7. The van der Waals surface area contributed by atoms with E-state index in [9.17, 15) is 0 Å². The average molecular weight is 427 g/mol. The van der Waals surface area contributed by atoms with Crippen molar-refractivity contribution >= 4 is 11.4 Å². The van der Waals surface area contributed by atoms with Crippen molar-refractivity contribution in [2.24, 2.45) is 0 Å². The molecule has 2 N–H and O–H groups in total. The highest BCUT2D eigenvalue weighted by molar-refractivity contribution is 5.47. The molecule has 0 saturated carbocycles. The lowest BCUT2D eigenvalue weighted by atomic mass is 10.1. The number of unbranched alkanes of at least 4 members (excludes halogenated alkanes) is 2. The van der Waals surface area contributed by atoms with Crippen LogP contribution in [0, 0.1) is 0 Å². The fourth-order valence-electron chi connectivity index (χ4n) is 3.51. The number of hydrogen-bond donors (Lipinski definition) is 2. The molecule has 0 fully saturated rings. The molecule has 0 atom stereocenters. The Bertz CT molecular complexity index is 631. The van der Waals surface area contributed by atoms with Crippen LogP contribution in [-0.4, -0.2) is 25.3 Å². The molecule has 0 aliphatic carbocycles. The molecule has 172 valence electrons. The molecule has 0 aromatic heterocycles. The van der Waals surface area contributed by atoms with Gasteiger partial charge in [0.25, 0.3) is 0 Å². The smallest absolute Gasteiger partial charge is 0.119 e. The van der Waals surface area contributed by atoms with Crippen LogP contribution in [0.15, 0.2) is 48.5 Å². The van der Waals surface area contributed by atoms with E-state index < -0.39 is 0 Å². The van der Waals surface area contributed by atoms with Crippen LogP contribution in [0.25, 0.3) is 0 Å².